The fourth-order valence-electron chi connectivity index (χ4n) is 2.60. The van der Waals surface area contributed by atoms with Crippen LogP contribution in [0.3, 0.4) is 0 Å². The van der Waals surface area contributed by atoms with E-state index in [1.54, 1.807) is 11.3 Å². The molecule has 1 saturated heterocycles. The van der Waals surface area contributed by atoms with E-state index in [1.807, 2.05) is 4.90 Å². The molecule has 5 nitrogen and oxygen atoms in total. The van der Waals surface area contributed by atoms with Gasteiger partial charge >= 0.3 is 12.0 Å². The van der Waals surface area contributed by atoms with Crippen molar-refractivity contribution >= 4 is 23.3 Å². The fourth-order valence-corrected chi connectivity index (χ4v) is 3.63. The second-order valence-corrected chi connectivity index (χ2v) is 6.56. The standard InChI is InChI=1S/C15H22N2O3S/c1-11-7-8-13(21-11)12-6-4-3-5-9-17(12)15(19)16-10-14(18)20-2/h7-8,12H,3-6,9-10H2,1-2H3,(H,16,19)/t12-/m0/s1. The summed E-state index contributed by atoms with van der Waals surface area (Å²) in [6.07, 6.45) is 4.25. The molecule has 0 spiro atoms. The van der Waals surface area contributed by atoms with E-state index in [-0.39, 0.29) is 18.6 Å². The van der Waals surface area contributed by atoms with E-state index in [2.05, 4.69) is 29.1 Å². The lowest BCUT2D eigenvalue weighted by Crippen LogP contribution is -2.43. The highest BCUT2D eigenvalue weighted by molar-refractivity contribution is 7.12. The van der Waals surface area contributed by atoms with Gasteiger partial charge in [0.05, 0.1) is 13.2 Å². The van der Waals surface area contributed by atoms with Crippen LogP contribution in [0.2, 0.25) is 0 Å². The van der Waals surface area contributed by atoms with Crippen molar-refractivity contribution in [3.05, 3.63) is 21.9 Å². The van der Waals surface area contributed by atoms with E-state index in [1.165, 1.54) is 16.9 Å². The van der Waals surface area contributed by atoms with Gasteiger partial charge in [0, 0.05) is 16.3 Å². The third-order valence-electron chi connectivity index (χ3n) is 3.71. The maximum atomic E-state index is 12.4. The number of amides is 2. The number of rotatable bonds is 3. The maximum absolute atomic E-state index is 12.4. The molecule has 2 amide bonds. The second-order valence-electron chi connectivity index (χ2n) is 5.24. The summed E-state index contributed by atoms with van der Waals surface area (Å²) in [7, 11) is 1.32. The van der Waals surface area contributed by atoms with Gasteiger partial charge in [0.15, 0.2) is 0 Å². The molecule has 6 heteroatoms. The van der Waals surface area contributed by atoms with Crippen molar-refractivity contribution in [2.24, 2.45) is 0 Å². The SMILES string of the molecule is COC(=O)CNC(=O)N1CCCCC[C@H]1c1ccc(C)s1. The Bertz CT molecular complexity index is 501. The Kier molecular flexibility index (Phi) is 5.61. The van der Waals surface area contributed by atoms with E-state index in [0.29, 0.717) is 0 Å². The molecule has 2 heterocycles. The first-order chi connectivity index (χ1) is 10.1. The van der Waals surface area contributed by atoms with Gasteiger partial charge in [-0.1, -0.05) is 12.8 Å². The number of hydrogen-bond acceptors (Lipinski definition) is 4. The van der Waals surface area contributed by atoms with Gasteiger partial charge in [-0.15, -0.1) is 11.3 Å². The fraction of sp³-hybridized carbons (Fsp3) is 0.600. The predicted molar refractivity (Wildman–Crippen MR) is 82.4 cm³/mol. The minimum Gasteiger partial charge on any atom is -0.468 e. The maximum Gasteiger partial charge on any atom is 0.325 e. The summed E-state index contributed by atoms with van der Waals surface area (Å²) >= 11 is 1.74. The predicted octanol–water partition coefficient (Wildman–Crippen LogP) is 2.86. The van der Waals surface area contributed by atoms with Crippen LogP contribution >= 0.6 is 11.3 Å². The average molecular weight is 310 g/mol. The number of carbonyl (C=O) groups excluding carboxylic acids is 2. The van der Waals surface area contributed by atoms with Crippen LogP contribution in [0.4, 0.5) is 4.79 Å². The highest BCUT2D eigenvalue weighted by Crippen LogP contribution is 2.34. The summed E-state index contributed by atoms with van der Waals surface area (Å²) in [4.78, 5) is 27.9. The molecular weight excluding hydrogens is 288 g/mol. The number of esters is 1. The molecule has 0 aromatic carbocycles. The van der Waals surface area contributed by atoms with Crippen LogP contribution in [-0.4, -0.2) is 37.1 Å². The summed E-state index contributed by atoms with van der Waals surface area (Å²) in [6.45, 7) is 2.73. The third kappa shape index (κ3) is 4.20. The van der Waals surface area contributed by atoms with Crippen molar-refractivity contribution in [2.75, 3.05) is 20.2 Å². The Labute approximate surface area is 129 Å². The van der Waals surface area contributed by atoms with E-state index in [9.17, 15) is 9.59 Å². The van der Waals surface area contributed by atoms with Crippen molar-refractivity contribution in [3.63, 3.8) is 0 Å². The number of carbonyl (C=O) groups is 2. The second kappa shape index (κ2) is 7.45. The van der Waals surface area contributed by atoms with Gasteiger partial charge in [-0.3, -0.25) is 4.79 Å². The van der Waals surface area contributed by atoms with Crippen LogP contribution in [0.5, 0.6) is 0 Å². The first-order valence-electron chi connectivity index (χ1n) is 7.29. The summed E-state index contributed by atoms with van der Waals surface area (Å²) < 4.78 is 4.56. The zero-order valence-electron chi connectivity index (χ0n) is 12.6. The van der Waals surface area contributed by atoms with Gasteiger partial charge in [-0.2, -0.15) is 0 Å². The molecule has 0 unspecified atom stereocenters. The average Bonchev–Trinajstić information content (AvgIpc) is 2.77. The van der Waals surface area contributed by atoms with Gasteiger partial charge in [-0.25, -0.2) is 4.79 Å². The van der Waals surface area contributed by atoms with E-state index >= 15 is 0 Å². The highest BCUT2D eigenvalue weighted by atomic mass is 32.1. The van der Waals surface area contributed by atoms with Crippen molar-refractivity contribution in [3.8, 4) is 0 Å². The number of likely N-dealkylation sites (tertiary alicyclic amines) is 1. The molecule has 0 saturated carbocycles. The molecule has 1 atom stereocenters. The molecule has 0 radical (unpaired) electrons. The molecule has 1 aromatic heterocycles. The number of hydrogen-bond donors (Lipinski definition) is 1. The molecule has 1 fully saturated rings. The lowest BCUT2D eigenvalue weighted by molar-refractivity contribution is -0.139. The van der Waals surface area contributed by atoms with E-state index < -0.39 is 5.97 Å². The van der Waals surface area contributed by atoms with Crippen molar-refractivity contribution in [1.82, 2.24) is 10.2 Å². The Morgan fingerprint density at radius 2 is 2.19 bits per heavy atom. The largest absolute Gasteiger partial charge is 0.468 e. The number of ether oxygens (including phenoxy) is 1. The topological polar surface area (TPSA) is 58.6 Å². The Hall–Kier alpha value is -1.56. The minimum atomic E-state index is -0.429. The number of nitrogens with one attached hydrogen (secondary N) is 1. The molecule has 1 N–H and O–H groups in total. The highest BCUT2D eigenvalue weighted by Gasteiger charge is 2.27. The zero-order valence-corrected chi connectivity index (χ0v) is 13.4. The van der Waals surface area contributed by atoms with E-state index in [4.69, 9.17) is 0 Å². The third-order valence-corrected chi connectivity index (χ3v) is 4.82. The van der Waals surface area contributed by atoms with E-state index in [0.717, 1.165) is 32.2 Å². The lowest BCUT2D eigenvalue weighted by atomic mass is 10.1. The molecule has 21 heavy (non-hydrogen) atoms. The number of thiophene rings is 1. The van der Waals surface area contributed by atoms with Crippen LogP contribution in [0, 0.1) is 6.92 Å². The van der Waals surface area contributed by atoms with Gasteiger partial charge in [0.25, 0.3) is 0 Å². The van der Waals surface area contributed by atoms with Crippen LogP contribution in [0.1, 0.15) is 41.5 Å². The molecule has 116 valence electrons. The Morgan fingerprint density at radius 1 is 1.38 bits per heavy atom. The number of aryl methyl sites for hydroxylation is 1. The quantitative estimate of drug-likeness (QED) is 0.873. The normalized spacial score (nSPS) is 19.0. The molecular formula is C15H22N2O3S. The Morgan fingerprint density at radius 3 is 2.86 bits per heavy atom. The van der Waals surface area contributed by atoms with Gasteiger partial charge < -0.3 is 15.0 Å². The Balaban J connectivity index is 2.08. The van der Waals surface area contributed by atoms with Crippen molar-refractivity contribution in [1.29, 1.82) is 0 Å². The molecule has 2 rings (SSSR count). The minimum absolute atomic E-state index is 0.0813. The van der Waals surface area contributed by atoms with Crippen LogP contribution in [-0.2, 0) is 9.53 Å². The molecule has 0 bridgehead atoms. The van der Waals surface area contributed by atoms with Crippen LogP contribution < -0.4 is 5.32 Å². The molecule has 1 aromatic rings. The van der Waals surface area contributed by atoms with Crippen LogP contribution in [0.25, 0.3) is 0 Å². The number of methoxy groups -OCH3 is 1. The molecule has 1 aliphatic heterocycles. The zero-order chi connectivity index (χ0) is 15.2. The molecule has 1 aliphatic rings. The van der Waals surface area contributed by atoms with Gasteiger partial charge in [0.2, 0.25) is 0 Å². The van der Waals surface area contributed by atoms with Gasteiger partial charge in [-0.05, 0) is 31.9 Å². The van der Waals surface area contributed by atoms with Crippen LogP contribution in [0.15, 0.2) is 12.1 Å². The smallest absolute Gasteiger partial charge is 0.325 e. The first-order valence-corrected chi connectivity index (χ1v) is 8.11. The first kappa shape index (κ1) is 15.8. The van der Waals surface area contributed by atoms with Gasteiger partial charge in [0.1, 0.15) is 6.54 Å². The number of urea groups is 1. The summed E-state index contributed by atoms with van der Waals surface area (Å²) in [5.41, 5.74) is 0. The summed E-state index contributed by atoms with van der Waals surface area (Å²) in [6, 6.07) is 4.13. The van der Waals surface area contributed by atoms with Crippen molar-refractivity contribution < 1.29 is 14.3 Å². The summed E-state index contributed by atoms with van der Waals surface area (Å²) in [5, 5.41) is 2.65. The molecule has 0 aliphatic carbocycles. The summed E-state index contributed by atoms with van der Waals surface area (Å²) in [5.74, 6) is -0.429. The lowest BCUT2D eigenvalue weighted by Gasteiger charge is -2.29. The van der Waals surface area contributed by atoms with Crippen molar-refractivity contribution in [2.45, 2.75) is 38.6 Å². The number of nitrogens with zero attached hydrogens (tertiary/aromatic N) is 1. The monoisotopic (exact) mass is 310 g/mol.